The third kappa shape index (κ3) is 6.07. The molecule has 32 heavy (non-hydrogen) atoms. The number of rotatable bonds is 3. The van der Waals surface area contributed by atoms with Gasteiger partial charge in [-0.1, -0.05) is 48.5 Å². The van der Waals surface area contributed by atoms with Crippen LogP contribution in [-0.2, 0) is 20.1 Å². The van der Waals surface area contributed by atoms with Gasteiger partial charge in [0.05, 0.1) is 0 Å². The normalized spacial score (nSPS) is 9.78. The molecule has 1 radical (unpaired) electrons. The molecule has 0 atom stereocenters. The minimum Gasteiger partial charge on any atom is -0.305 e. The van der Waals surface area contributed by atoms with Crippen LogP contribution in [0.3, 0.4) is 0 Å². The van der Waals surface area contributed by atoms with E-state index in [1.54, 1.807) is 6.20 Å². The van der Waals surface area contributed by atoms with Crippen molar-refractivity contribution in [2.24, 2.45) is 0 Å². The minimum atomic E-state index is 0. The molecule has 0 spiro atoms. The molecule has 0 N–H and O–H groups in total. The summed E-state index contributed by atoms with van der Waals surface area (Å²) in [6.45, 7) is 2.12. The Balaban J connectivity index is 0.000000193. The first-order valence-electron chi connectivity index (χ1n) is 10.2. The van der Waals surface area contributed by atoms with Crippen molar-refractivity contribution in [1.82, 2.24) is 9.97 Å². The third-order valence-electron chi connectivity index (χ3n) is 4.85. The fraction of sp³-hybridized carbons (Fsp3) is 0.0345. The zero-order valence-electron chi connectivity index (χ0n) is 17.7. The van der Waals surface area contributed by atoms with E-state index in [-0.39, 0.29) is 20.1 Å². The van der Waals surface area contributed by atoms with Crippen LogP contribution in [0.25, 0.3) is 33.6 Å². The average Bonchev–Trinajstić information content (AvgIpc) is 2.87. The summed E-state index contributed by atoms with van der Waals surface area (Å²) in [6.07, 6.45) is 3.72. The van der Waals surface area contributed by atoms with Crippen LogP contribution >= 0.6 is 0 Å². The largest absolute Gasteiger partial charge is 0.305 e. The molecule has 5 rings (SSSR count). The first-order valence-corrected chi connectivity index (χ1v) is 10.2. The molecule has 159 valence electrons. The number of benzene rings is 3. The molecule has 0 saturated carbocycles. The van der Waals surface area contributed by atoms with Crippen molar-refractivity contribution in [2.75, 3.05) is 0 Å². The summed E-state index contributed by atoms with van der Waals surface area (Å²) < 4.78 is 0. The molecule has 0 aliphatic heterocycles. The van der Waals surface area contributed by atoms with Gasteiger partial charge in [0, 0.05) is 32.5 Å². The van der Waals surface area contributed by atoms with Crippen molar-refractivity contribution in [3.8, 4) is 33.6 Å². The van der Waals surface area contributed by atoms with Gasteiger partial charge in [0.15, 0.2) is 0 Å². The zero-order chi connectivity index (χ0) is 21.3. The first-order chi connectivity index (χ1) is 15.3. The van der Waals surface area contributed by atoms with Gasteiger partial charge in [0.2, 0.25) is 0 Å². The first kappa shape index (κ1) is 23.3. The van der Waals surface area contributed by atoms with Crippen molar-refractivity contribution < 1.29 is 20.1 Å². The number of hydrogen-bond acceptors (Lipinski definition) is 2. The van der Waals surface area contributed by atoms with Gasteiger partial charge < -0.3 is 9.97 Å². The smallest absolute Gasteiger partial charge is 0.0239 e. The van der Waals surface area contributed by atoms with E-state index in [9.17, 15) is 0 Å². The topological polar surface area (TPSA) is 25.8 Å². The summed E-state index contributed by atoms with van der Waals surface area (Å²) in [5.41, 5.74) is 7.65. The van der Waals surface area contributed by atoms with E-state index in [2.05, 4.69) is 59.4 Å². The second-order valence-corrected chi connectivity index (χ2v) is 7.01. The fourth-order valence-electron chi connectivity index (χ4n) is 3.24. The predicted octanol–water partition coefficient (Wildman–Crippen LogP) is 7.07. The summed E-state index contributed by atoms with van der Waals surface area (Å²) in [7, 11) is 0. The molecule has 3 heteroatoms. The van der Waals surface area contributed by atoms with Gasteiger partial charge >= 0.3 is 0 Å². The second-order valence-electron chi connectivity index (χ2n) is 7.01. The molecule has 2 aromatic heterocycles. The molecule has 2 heterocycles. The average molecular weight is 591 g/mol. The summed E-state index contributed by atoms with van der Waals surface area (Å²) in [6, 6.07) is 40.4. The molecule has 0 unspecified atom stereocenters. The molecular formula is C29H22IrN2-2. The summed E-state index contributed by atoms with van der Waals surface area (Å²) in [5.74, 6) is 0. The van der Waals surface area contributed by atoms with Gasteiger partial charge in [0.25, 0.3) is 0 Å². The van der Waals surface area contributed by atoms with Crippen LogP contribution in [0, 0.1) is 19.1 Å². The monoisotopic (exact) mass is 591 g/mol. The zero-order valence-corrected chi connectivity index (χ0v) is 20.1. The van der Waals surface area contributed by atoms with Gasteiger partial charge in [-0.3, -0.25) is 0 Å². The number of nitrogens with zero attached hydrogens (tertiary/aromatic N) is 2. The van der Waals surface area contributed by atoms with Crippen LogP contribution < -0.4 is 0 Å². The summed E-state index contributed by atoms with van der Waals surface area (Å²) in [5, 5.41) is 0. The van der Waals surface area contributed by atoms with E-state index >= 15 is 0 Å². The van der Waals surface area contributed by atoms with Gasteiger partial charge in [-0.25, -0.2) is 0 Å². The Hall–Kier alpha value is -3.39. The quantitative estimate of drug-likeness (QED) is 0.210. The van der Waals surface area contributed by atoms with E-state index in [1.165, 1.54) is 11.1 Å². The fourth-order valence-corrected chi connectivity index (χ4v) is 3.24. The number of aromatic nitrogens is 2. The molecule has 2 nitrogen and oxygen atoms in total. The Kier molecular flexibility index (Phi) is 8.62. The van der Waals surface area contributed by atoms with Gasteiger partial charge in [-0.15, -0.1) is 71.8 Å². The van der Waals surface area contributed by atoms with Crippen LogP contribution in [0.2, 0.25) is 0 Å². The number of pyridine rings is 2. The van der Waals surface area contributed by atoms with Crippen molar-refractivity contribution in [1.29, 1.82) is 0 Å². The molecular weight excluding hydrogens is 569 g/mol. The maximum Gasteiger partial charge on any atom is 0.0239 e. The van der Waals surface area contributed by atoms with E-state index in [1.807, 2.05) is 79.0 Å². The van der Waals surface area contributed by atoms with Crippen LogP contribution in [-0.4, -0.2) is 9.97 Å². The van der Waals surface area contributed by atoms with Crippen LogP contribution in [0.5, 0.6) is 0 Å². The molecule has 0 amide bonds. The number of hydrogen-bond donors (Lipinski definition) is 0. The van der Waals surface area contributed by atoms with E-state index < -0.39 is 0 Å². The third-order valence-corrected chi connectivity index (χ3v) is 4.85. The molecule has 0 fully saturated rings. The summed E-state index contributed by atoms with van der Waals surface area (Å²) >= 11 is 0. The van der Waals surface area contributed by atoms with Gasteiger partial charge in [-0.05, 0) is 41.1 Å². The van der Waals surface area contributed by atoms with E-state index in [0.29, 0.717) is 0 Å². The molecule has 5 aromatic rings. The predicted molar refractivity (Wildman–Crippen MR) is 127 cm³/mol. The van der Waals surface area contributed by atoms with Crippen LogP contribution in [0.4, 0.5) is 0 Å². The van der Waals surface area contributed by atoms with Crippen molar-refractivity contribution in [3.05, 3.63) is 133 Å². The molecule has 0 saturated heterocycles. The van der Waals surface area contributed by atoms with E-state index in [4.69, 9.17) is 0 Å². The van der Waals surface area contributed by atoms with Crippen molar-refractivity contribution in [2.45, 2.75) is 6.92 Å². The maximum absolute atomic E-state index is 4.54. The van der Waals surface area contributed by atoms with Gasteiger partial charge in [0.1, 0.15) is 0 Å². The SMILES string of the molecule is Cc1ccccc1-c1ccc(-c2[c-]cccc2)nc1.[Ir].[c-]1ccccc1-c1ccccn1. The molecule has 0 bridgehead atoms. The van der Waals surface area contributed by atoms with Gasteiger partial charge in [-0.2, -0.15) is 0 Å². The summed E-state index contributed by atoms with van der Waals surface area (Å²) in [4.78, 5) is 8.75. The second kappa shape index (κ2) is 11.9. The van der Waals surface area contributed by atoms with E-state index in [0.717, 1.165) is 28.1 Å². The maximum atomic E-state index is 4.54. The molecule has 0 aliphatic rings. The Morgan fingerprint density at radius 3 is 1.75 bits per heavy atom. The van der Waals surface area contributed by atoms with Crippen LogP contribution in [0.1, 0.15) is 5.56 Å². The Morgan fingerprint density at radius 2 is 1.22 bits per heavy atom. The Labute approximate surface area is 203 Å². The van der Waals surface area contributed by atoms with Crippen LogP contribution in [0.15, 0.2) is 116 Å². The molecule has 0 aliphatic carbocycles. The standard InChI is InChI=1S/C18H14N.C11H8N.Ir/c1-14-7-5-6-10-17(14)16-11-12-18(19-13-16)15-8-3-2-4-9-15;1-2-6-10(7-3-1)11-8-4-5-9-12-11;/h2-8,10-13H,1H3;1-6,8-9H;/q2*-1;. The number of aryl methyl sites for hydroxylation is 1. The Morgan fingerprint density at radius 1 is 0.594 bits per heavy atom. The van der Waals surface area contributed by atoms with Crippen molar-refractivity contribution >= 4 is 0 Å². The minimum absolute atomic E-state index is 0. The Bertz CT molecular complexity index is 1170. The van der Waals surface area contributed by atoms with Crippen molar-refractivity contribution in [3.63, 3.8) is 0 Å². The molecule has 3 aromatic carbocycles.